The Labute approximate surface area is 139 Å². The van der Waals surface area contributed by atoms with Crippen LogP contribution >= 0.6 is 0 Å². The van der Waals surface area contributed by atoms with Gasteiger partial charge in [-0.3, -0.25) is 4.79 Å². The molecule has 2 aliphatic carbocycles. The Bertz CT molecular complexity index is 426. The molecule has 130 valence electrons. The zero-order valence-electron chi connectivity index (χ0n) is 14.4. The lowest BCUT2D eigenvalue weighted by molar-refractivity contribution is -0.126. The minimum absolute atomic E-state index is 0.0705. The minimum Gasteiger partial charge on any atom is -0.353 e. The van der Waals surface area contributed by atoms with Crippen LogP contribution in [0.1, 0.15) is 58.3 Å². The smallest absolute Gasteiger partial charge is 0.317 e. The highest BCUT2D eigenvalue weighted by Gasteiger charge is 2.33. The zero-order valence-corrected chi connectivity index (χ0v) is 14.4. The number of amides is 3. The van der Waals surface area contributed by atoms with E-state index in [2.05, 4.69) is 17.6 Å². The lowest BCUT2D eigenvalue weighted by atomic mass is 9.88. The summed E-state index contributed by atoms with van der Waals surface area (Å²) in [7, 11) is 0. The van der Waals surface area contributed by atoms with Crippen molar-refractivity contribution in [2.45, 2.75) is 64.3 Å². The van der Waals surface area contributed by atoms with Gasteiger partial charge in [0.2, 0.25) is 5.91 Å². The van der Waals surface area contributed by atoms with Crippen molar-refractivity contribution in [1.82, 2.24) is 15.5 Å². The number of likely N-dealkylation sites (tertiary alicyclic amines) is 1. The largest absolute Gasteiger partial charge is 0.353 e. The molecule has 1 aliphatic heterocycles. The molecule has 0 spiro atoms. The van der Waals surface area contributed by atoms with Crippen molar-refractivity contribution in [1.29, 1.82) is 0 Å². The van der Waals surface area contributed by atoms with Crippen molar-refractivity contribution < 1.29 is 9.59 Å². The highest BCUT2D eigenvalue weighted by Crippen LogP contribution is 2.36. The Kier molecular flexibility index (Phi) is 5.44. The molecule has 5 heteroatoms. The molecular formula is C18H31N3O2. The number of hydrogen-bond donors (Lipinski definition) is 2. The summed E-state index contributed by atoms with van der Waals surface area (Å²) in [6.07, 6.45) is 8.76. The van der Waals surface area contributed by atoms with Gasteiger partial charge in [0.05, 0.1) is 0 Å². The van der Waals surface area contributed by atoms with Crippen LogP contribution in [0, 0.1) is 17.8 Å². The van der Waals surface area contributed by atoms with Crippen molar-refractivity contribution in [3.63, 3.8) is 0 Å². The van der Waals surface area contributed by atoms with Crippen molar-refractivity contribution in [2.75, 3.05) is 19.6 Å². The second kappa shape index (κ2) is 7.54. The van der Waals surface area contributed by atoms with Crippen molar-refractivity contribution in [2.24, 2.45) is 17.8 Å². The van der Waals surface area contributed by atoms with Gasteiger partial charge in [0, 0.05) is 31.6 Å². The predicted molar refractivity (Wildman–Crippen MR) is 90.0 cm³/mol. The first-order valence-electron chi connectivity index (χ1n) is 9.46. The van der Waals surface area contributed by atoms with Gasteiger partial charge < -0.3 is 15.5 Å². The fourth-order valence-corrected chi connectivity index (χ4v) is 3.92. The van der Waals surface area contributed by atoms with Crippen LogP contribution in [-0.2, 0) is 4.79 Å². The third-order valence-electron chi connectivity index (χ3n) is 5.90. The van der Waals surface area contributed by atoms with E-state index in [0.717, 1.165) is 51.2 Å². The molecule has 1 saturated heterocycles. The lowest BCUT2D eigenvalue weighted by Crippen LogP contribution is -2.50. The van der Waals surface area contributed by atoms with Crippen molar-refractivity contribution in [3.05, 3.63) is 0 Å². The van der Waals surface area contributed by atoms with Crippen LogP contribution in [0.4, 0.5) is 4.79 Å². The van der Waals surface area contributed by atoms with E-state index in [9.17, 15) is 9.59 Å². The molecule has 0 aromatic heterocycles. The van der Waals surface area contributed by atoms with E-state index in [-0.39, 0.29) is 23.9 Å². The van der Waals surface area contributed by atoms with E-state index < -0.39 is 0 Å². The molecule has 5 nitrogen and oxygen atoms in total. The van der Waals surface area contributed by atoms with Gasteiger partial charge in [-0.1, -0.05) is 26.2 Å². The molecule has 0 bridgehead atoms. The summed E-state index contributed by atoms with van der Waals surface area (Å²) >= 11 is 0. The normalized spacial score (nSPS) is 29.2. The molecule has 0 aromatic rings. The van der Waals surface area contributed by atoms with E-state index in [0.29, 0.717) is 5.92 Å². The number of rotatable bonds is 4. The van der Waals surface area contributed by atoms with E-state index >= 15 is 0 Å². The third kappa shape index (κ3) is 4.61. The molecule has 2 atom stereocenters. The Morgan fingerprint density at radius 3 is 2.30 bits per heavy atom. The van der Waals surface area contributed by atoms with Gasteiger partial charge in [-0.15, -0.1) is 0 Å². The number of nitrogens with one attached hydrogen (secondary N) is 2. The molecule has 1 heterocycles. The van der Waals surface area contributed by atoms with Gasteiger partial charge in [-0.2, -0.15) is 0 Å². The van der Waals surface area contributed by atoms with Crippen LogP contribution in [0.15, 0.2) is 0 Å². The van der Waals surface area contributed by atoms with Crippen LogP contribution in [0.3, 0.4) is 0 Å². The van der Waals surface area contributed by atoms with Crippen molar-refractivity contribution >= 4 is 11.9 Å². The van der Waals surface area contributed by atoms with Crippen LogP contribution in [0.2, 0.25) is 0 Å². The maximum atomic E-state index is 12.3. The lowest BCUT2D eigenvalue weighted by Gasteiger charge is -2.33. The Morgan fingerprint density at radius 1 is 1.04 bits per heavy atom. The second-order valence-electron chi connectivity index (χ2n) is 7.76. The molecule has 3 amide bonds. The molecule has 2 N–H and O–H groups in total. The standard InChI is InChI=1S/C18H31N3O2/c1-13-11-15(13)12-19-18(23)21-9-7-16(8-10-21)20-17(22)14-5-3-2-4-6-14/h13-16H,2-12H2,1H3,(H,19,23)(H,20,22). The fraction of sp³-hybridized carbons (Fsp3) is 0.889. The molecule has 2 unspecified atom stereocenters. The highest BCUT2D eigenvalue weighted by molar-refractivity contribution is 5.79. The molecular weight excluding hydrogens is 290 g/mol. The highest BCUT2D eigenvalue weighted by atomic mass is 16.2. The molecule has 3 aliphatic rings. The predicted octanol–water partition coefficient (Wildman–Crippen LogP) is 2.51. The summed E-state index contributed by atoms with van der Waals surface area (Å²) in [6, 6.07) is 0.318. The van der Waals surface area contributed by atoms with Crippen LogP contribution in [0.5, 0.6) is 0 Å². The monoisotopic (exact) mass is 321 g/mol. The maximum Gasteiger partial charge on any atom is 0.317 e. The Morgan fingerprint density at radius 2 is 1.70 bits per heavy atom. The number of urea groups is 1. The minimum atomic E-state index is 0.0705. The maximum absolute atomic E-state index is 12.3. The second-order valence-corrected chi connectivity index (χ2v) is 7.76. The quantitative estimate of drug-likeness (QED) is 0.836. The van der Waals surface area contributed by atoms with Gasteiger partial charge in [-0.25, -0.2) is 4.79 Å². The van der Waals surface area contributed by atoms with E-state index in [1.165, 1.54) is 25.7 Å². The summed E-state index contributed by atoms with van der Waals surface area (Å²) in [5, 5.41) is 6.27. The molecule has 2 saturated carbocycles. The number of carbonyl (C=O) groups excluding carboxylic acids is 2. The average molecular weight is 321 g/mol. The summed E-state index contributed by atoms with van der Waals surface area (Å²) in [5.74, 6) is 1.93. The van der Waals surface area contributed by atoms with Gasteiger partial charge in [0.15, 0.2) is 0 Å². The van der Waals surface area contributed by atoms with Gasteiger partial charge >= 0.3 is 6.03 Å². The zero-order chi connectivity index (χ0) is 16.2. The first-order chi connectivity index (χ1) is 11.1. The van der Waals surface area contributed by atoms with Crippen LogP contribution < -0.4 is 10.6 Å². The van der Waals surface area contributed by atoms with Gasteiger partial charge in [0.1, 0.15) is 0 Å². The van der Waals surface area contributed by atoms with Crippen LogP contribution in [-0.4, -0.2) is 42.5 Å². The van der Waals surface area contributed by atoms with Gasteiger partial charge in [-0.05, 0) is 43.9 Å². The SMILES string of the molecule is CC1CC1CNC(=O)N1CCC(NC(=O)C2CCCCC2)CC1. The third-order valence-corrected chi connectivity index (χ3v) is 5.90. The summed E-state index contributed by atoms with van der Waals surface area (Å²) in [4.78, 5) is 26.3. The molecule has 0 aromatic carbocycles. The average Bonchev–Trinajstić information content (AvgIpc) is 3.29. The molecule has 23 heavy (non-hydrogen) atoms. The number of hydrogen-bond acceptors (Lipinski definition) is 2. The number of piperidine rings is 1. The molecule has 3 rings (SSSR count). The van der Waals surface area contributed by atoms with Crippen molar-refractivity contribution in [3.8, 4) is 0 Å². The number of nitrogens with zero attached hydrogens (tertiary/aromatic N) is 1. The van der Waals surface area contributed by atoms with E-state index in [4.69, 9.17) is 0 Å². The fourth-order valence-electron chi connectivity index (χ4n) is 3.92. The first-order valence-corrected chi connectivity index (χ1v) is 9.46. The topological polar surface area (TPSA) is 61.4 Å². The Balaban J connectivity index is 1.34. The molecule has 3 fully saturated rings. The van der Waals surface area contributed by atoms with E-state index in [1.54, 1.807) is 0 Å². The summed E-state index contributed by atoms with van der Waals surface area (Å²) in [6.45, 7) is 4.55. The van der Waals surface area contributed by atoms with Crippen LogP contribution in [0.25, 0.3) is 0 Å². The van der Waals surface area contributed by atoms with E-state index in [1.807, 2.05) is 4.90 Å². The molecule has 0 radical (unpaired) electrons. The first kappa shape index (κ1) is 16.6. The summed E-state index contributed by atoms with van der Waals surface area (Å²) in [5.41, 5.74) is 0. The summed E-state index contributed by atoms with van der Waals surface area (Å²) < 4.78 is 0. The Hall–Kier alpha value is -1.26. The number of carbonyl (C=O) groups is 2. The van der Waals surface area contributed by atoms with Gasteiger partial charge in [0.25, 0.3) is 0 Å².